The van der Waals surface area contributed by atoms with E-state index in [0.29, 0.717) is 23.7 Å². The molecule has 0 aliphatic carbocycles. The number of benzene rings is 1. The molecule has 0 spiro atoms. The van der Waals surface area contributed by atoms with Crippen molar-refractivity contribution in [3.8, 4) is 5.75 Å². The molecule has 0 saturated carbocycles. The summed E-state index contributed by atoms with van der Waals surface area (Å²) in [6.07, 6.45) is 1.63. The maximum absolute atomic E-state index is 13.9. The molecule has 102 valence electrons. The lowest BCUT2D eigenvalue weighted by Gasteiger charge is -2.17. The van der Waals surface area contributed by atoms with Gasteiger partial charge in [-0.1, -0.05) is 6.07 Å². The SMILES string of the molecule is COc1cccc(F)c1C(C)NCc1ncn(C)n1. The molecule has 0 bridgehead atoms. The van der Waals surface area contributed by atoms with E-state index in [-0.39, 0.29) is 11.9 Å². The highest BCUT2D eigenvalue weighted by Gasteiger charge is 2.16. The molecule has 5 nitrogen and oxygen atoms in total. The Morgan fingerprint density at radius 3 is 2.89 bits per heavy atom. The van der Waals surface area contributed by atoms with Crippen LogP contribution in [0.5, 0.6) is 5.75 Å². The zero-order valence-corrected chi connectivity index (χ0v) is 11.2. The molecule has 1 aromatic heterocycles. The third kappa shape index (κ3) is 3.08. The van der Waals surface area contributed by atoms with Crippen molar-refractivity contribution in [2.45, 2.75) is 19.5 Å². The number of nitrogens with zero attached hydrogens (tertiary/aromatic N) is 3. The molecule has 0 aliphatic rings. The molecule has 1 N–H and O–H groups in total. The van der Waals surface area contributed by atoms with E-state index in [4.69, 9.17) is 4.74 Å². The molecule has 0 aliphatic heterocycles. The summed E-state index contributed by atoms with van der Waals surface area (Å²) in [6.45, 7) is 2.35. The summed E-state index contributed by atoms with van der Waals surface area (Å²) < 4.78 is 20.7. The number of aryl methyl sites for hydroxylation is 1. The van der Waals surface area contributed by atoms with Crippen LogP contribution in [0.4, 0.5) is 4.39 Å². The average Bonchev–Trinajstić information content (AvgIpc) is 2.81. The standard InChI is InChI=1S/C13H17FN4O/c1-9(15-7-12-16-8-18(2)17-12)13-10(14)5-4-6-11(13)19-3/h4-6,8-9,15H,7H2,1-3H3. The van der Waals surface area contributed by atoms with Gasteiger partial charge in [0.2, 0.25) is 0 Å². The van der Waals surface area contributed by atoms with Crippen molar-refractivity contribution < 1.29 is 9.13 Å². The second-order valence-electron chi connectivity index (χ2n) is 4.29. The summed E-state index contributed by atoms with van der Waals surface area (Å²) in [5.41, 5.74) is 0.515. The fourth-order valence-electron chi connectivity index (χ4n) is 1.93. The molecule has 0 fully saturated rings. The lowest BCUT2D eigenvalue weighted by Crippen LogP contribution is -2.20. The van der Waals surface area contributed by atoms with Crippen molar-refractivity contribution in [3.05, 3.63) is 41.7 Å². The van der Waals surface area contributed by atoms with Gasteiger partial charge in [0, 0.05) is 18.7 Å². The minimum atomic E-state index is -0.284. The van der Waals surface area contributed by atoms with Gasteiger partial charge in [0.1, 0.15) is 17.9 Å². The summed E-state index contributed by atoms with van der Waals surface area (Å²) in [5.74, 6) is 0.923. The molecule has 1 aromatic carbocycles. The quantitative estimate of drug-likeness (QED) is 0.895. The molecule has 2 rings (SSSR count). The Labute approximate surface area is 111 Å². The number of halogens is 1. The fraction of sp³-hybridized carbons (Fsp3) is 0.385. The number of ether oxygens (including phenoxy) is 1. The van der Waals surface area contributed by atoms with Gasteiger partial charge in [0.15, 0.2) is 5.82 Å². The van der Waals surface area contributed by atoms with Crippen molar-refractivity contribution in [2.75, 3.05) is 7.11 Å². The van der Waals surface area contributed by atoms with Crippen molar-refractivity contribution in [1.29, 1.82) is 0 Å². The molecule has 1 heterocycles. The van der Waals surface area contributed by atoms with Crippen LogP contribution in [0.3, 0.4) is 0 Å². The maximum Gasteiger partial charge on any atom is 0.164 e. The Balaban J connectivity index is 2.09. The van der Waals surface area contributed by atoms with Gasteiger partial charge in [-0.2, -0.15) is 5.10 Å². The molecule has 1 atom stereocenters. The van der Waals surface area contributed by atoms with E-state index in [9.17, 15) is 4.39 Å². The molecule has 6 heteroatoms. The fourth-order valence-corrected chi connectivity index (χ4v) is 1.93. The summed E-state index contributed by atoms with van der Waals surface area (Å²) in [5, 5.41) is 7.35. The monoisotopic (exact) mass is 264 g/mol. The van der Waals surface area contributed by atoms with Crippen LogP contribution in [0.1, 0.15) is 24.4 Å². The van der Waals surface area contributed by atoms with Crippen molar-refractivity contribution in [1.82, 2.24) is 20.1 Å². The lowest BCUT2D eigenvalue weighted by atomic mass is 10.1. The third-order valence-electron chi connectivity index (χ3n) is 2.88. The van der Waals surface area contributed by atoms with Gasteiger partial charge >= 0.3 is 0 Å². The number of hydrogen-bond donors (Lipinski definition) is 1. The molecule has 0 radical (unpaired) electrons. The van der Waals surface area contributed by atoms with E-state index in [1.54, 1.807) is 30.2 Å². The zero-order chi connectivity index (χ0) is 13.8. The summed E-state index contributed by atoms with van der Waals surface area (Å²) >= 11 is 0. The average molecular weight is 264 g/mol. The van der Waals surface area contributed by atoms with Gasteiger partial charge in [-0.3, -0.25) is 4.68 Å². The van der Waals surface area contributed by atoms with Gasteiger partial charge in [-0.05, 0) is 19.1 Å². The van der Waals surface area contributed by atoms with E-state index in [2.05, 4.69) is 15.4 Å². The van der Waals surface area contributed by atoms with Crippen LogP contribution in [0.25, 0.3) is 0 Å². The summed E-state index contributed by atoms with van der Waals surface area (Å²) in [4.78, 5) is 4.11. The highest BCUT2D eigenvalue weighted by Crippen LogP contribution is 2.27. The molecule has 0 amide bonds. The largest absolute Gasteiger partial charge is 0.496 e. The van der Waals surface area contributed by atoms with Crippen molar-refractivity contribution in [2.24, 2.45) is 7.05 Å². The van der Waals surface area contributed by atoms with Crippen LogP contribution in [-0.4, -0.2) is 21.9 Å². The number of hydrogen-bond acceptors (Lipinski definition) is 4. The first-order valence-electron chi connectivity index (χ1n) is 6.02. The maximum atomic E-state index is 13.9. The molecule has 19 heavy (non-hydrogen) atoms. The van der Waals surface area contributed by atoms with E-state index >= 15 is 0 Å². The normalized spacial score (nSPS) is 12.4. The van der Waals surface area contributed by atoms with E-state index in [0.717, 1.165) is 0 Å². The second-order valence-corrected chi connectivity index (χ2v) is 4.29. The van der Waals surface area contributed by atoms with Crippen LogP contribution in [0, 0.1) is 5.82 Å². The second kappa shape index (κ2) is 5.79. The van der Waals surface area contributed by atoms with E-state index < -0.39 is 0 Å². The lowest BCUT2D eigenvalue weighted by molar-refractivity contribution is 0.393. The van der Waals surface area contributed by atoms with Crippen LogP contribution in [-0.2, 0) is 13.6 Å². The number of methoxy groups -OCH3 is 1. The first-order chi connectivity index (χ1) is 9.11. The van der Waals surface area contributed by atoms with E-state index in [1.165, 1.54) is 13.2 Å². The highest BCUT2D eigenvalue weighted by molar-refractivity contribution is 5.36. The highest BCUT2D eigenvalue weighted by atomic mass is 19.1. The predicted molar refractivity (Wildman–Crippen MR) is 69.2 cm³/mol. The third-order valence-corrected chi connectivity index (χ3v) is 2.88. The molecular weight excluding hydrogens is 247 g/mol. The minimum Gasteiger partial charge on any atom is -0.496 e. The minimum absolute atomic E-state index is 0.194. The van der Waals surface area contributed by atoms with Gasteiger partial charge in [-0.15, -0.1) is 0 Å². The van der Waals surface area contributed by atoms with E-state index in [1.807, 2.05) is 6.92 Å². The Bertz CT molecular complexity index is 555. The van der Waals surface area contributed by atoms with Gasteiger partial charge in [0.25, 0.3) is 0 Å². The van der Waals surface area contributed by atoms with Crippen molar-refractivity contribution in [3.63, 3.8) is 0 Å². The van der Waals surface area contributed by atoms with Gasteiger partial charge < -0.3 is 10.1 Å². The smallest absolute Gasteiger partial charge is 0.164 e. The zero-order valence-electron chi connectivity index (χ0n) is 11.2. The molecule has 0 saturated heterocycles. The van der Waals surface area contributed by atoms with Crippen LogP contribution < -0.4 is 10.1 Å². The first kappa shape index (κ1) is 13.5. The Morgan fingerprint density at radius 2 is 2.26 bits per heavy atom. The van der Waals surface area contributed by atoms with Crippen LogP contribution in [0.2, 0.25) is 0 Å². The Kier molecular flexibility index (Phi) is 4.11. The molecular formula is C13H17FN4O. The van der Waals surface area contributed by atoms with Crippen molar-refractivity contribution >= 4 is 0 Å². The number of rotatable bonds is 5. The predicted octanol–water partition coefficient (Wildman–Crippen LogP) is 1.81. The Hall–Kier alpha value is -1.95. The Morgan fingerprint density at radius 1 is 1.47 bits per heavy atom. The first-order valence-corrected chi connectivity index (χ1v) is 6.02. The molecule has 1 unspecified atom stereocenters. The number of aromatic nitrogens is 3. The van der Waals surface area contributed by atoms with Gasteiger partial charge in [0.05, 0.1) is 13.7 Å². The molecule has 2 aromatic rings. The topological polar surface area (TPSA) is 52.0 Å². The summed E-state index contributed by atoms with van der Waals surface area (Å²) in [6, 6.07) is 4.61. The van der Waals surface area contributed by atoms with Gasteiger partial charge in [-0.25, -0.2) is 9.37 Å². The van der Waals surface area contributed by atoms with Crippen LogP contribution in [0.15, 0.2) is 24.5 Å². The summed E-state index contributed by atoms with van der Waals surface area (Å²) in [7, 11) is 3.34. The number of nitrogens with one attached hydrogen (secondary N) is 1. The van der Waals surface area contributed by atoms with Crippen LogP contribution >= 0.6 is 0 Å².